The van der Waals surface area contributed by atoms with E-state index in [-0.39, 0.29) is 12.0 Å². The molecule has 1 aliphatic carbocycles. The van der Waals surface area contributed by atoms with Crippen molar-refractivity contribution in [1.29, 1.82) is 0 Å². The van der Waals surface area contributed by atoms with Crippen LogP contribution in [0.3, 0.4) is 0 Å². The van der Waals surface area contributed by atoms with Crippen molar-refractivity contribution in [2.24, 2.45) is 11.7 Å². The summed E-state index contributed by atoms with van der Waals surface area (Å²) in [4.78, 5) is 0. The first-order chi connectivity index (χ1) is 6.34. The number of hydrogen-bond acceptors (Lipinski definition) is 1. The Balaban J connectivity index is 3.03. The summed E-state index contributed by atoms with van der Waals surface area (Å²) in [5.74, 6) is -0.184. The van der Waals surface area contributed by atoms with Crippen LogP contribution in [0.1, 0.15) is 20.3 Å². The van der Waals surface area contributed by atoms with Crippen LogP contribution in [0.5, 0.6) is 0 Å². The number of rotatable bonds is 1. The molecule has 0 amide bonds. The summed E-state index contributed by atoms with van der Waals surface area (Å²) >= 11 is 0. The van der Waals surface area contributed by atoms with Crippen LogP contribution < -0.4 is 5.73 Å². The maximum Gasteiger partial charge on any atom is 0.416 e. The fourth-order valence-electron chi connectivity index (χ4n) is 1.77. The summed E-state index contributed by atoms with van der Waals surface area (Å²) in [5.41, 5.74) is 5.45. The van der Waals surface area contributed by atoms with Gasteiger partial charge in [0.2, 0.25) is 0 Å². The van der Waals surface area contributed by atoms with Gasteiger partial charge in [-0.05, 0) is 26.2 Å². The molecule has 4 heteroatoms. The highest BCUT2D eigenvalue weighted by Gasteiger charge is 2.36. The lowest BCUT2D eigenvalue weighted by atomic mass is 9.83. The third kappa shape index (κ3) is 2.18. The van der Waals surface area contributed by atoms with Gasteiger partial charge in [0, 0.05) is 6.04 Å². The topological polar surface area (TPSA) is 26.0 Å². The van der Waals surface area contributed by atoms with Gasteiger partial charge in [-0.3, -0.25) is 0 Å². The first kappa shape index (κ1) is 11.3. The van der Waals surface area contributed by atoms with Crippen molar-refractivity contribution in [3.63, 3.8) is 0 Å². The third-order valence-corrected chi connectivity index (χ3v) is 2.60. The minimum Gasteiger partial charge on any atom is -0.327 e. The predicted molar refractivity (Wildman–Crippen MR) is 49.7 cm³/mol. The molecule has 0 fully saturated rings. The number of alkyl halides is 3. The van der Waals surface area contributed by atoms with Gasteiger partial charge in [-0.25, -0.2) is 0 Å². The van der Waals surface area contributed by atoms with Crippen LogP contribution in [-0.4, -0.2) is 12.2 Å². The van der Waals surface area contributed by atoms with Gasteiger partial charge in [-0.1, -0.05) is 17.7 Å². The summed E-state index contributed by atoms with van der Waals surface area (Å²) in [6.07, 6.45) is -0.963. The molecule has 1 rings (SSSR count). The second-order valence-electron chi connectivity index (χ2n) is 3.70. The van der Waals surface area contributed by atoms with E-state index >= 15 is 0 Å². The molecule has 80 valence electrons. The molecular formula is C10H14F3N. The van der Waals surface area contributed by atoms with Crippen molar-refractivity contribution in [1.82, 2.24) is 0 Å². The molecule has 0 aromatic heterocycles. The molecule has 0 aromatic rings. The van der Waals surface area contributed by atoms with E-state index in [0.717, 1.165) is 6.08 Å². The summed E-state index contributed by atoms with van der Waals surface area (Å²) < 4.78 is 37.4. The Labute approximate surface area is 81.5 Å². The maximum absolute atomic E-state index is 12.5. The number of nitrogens with two attached hydrogens (primary N) is 1. The second-order valence-corrected chi connectivity index (χ2v) is 3.70. The van der Waals surface area contributed by atoms with Crippen LogP contribution in [0, 0.1) is 5.92 Å². The van der Waals surface area contributed by atoms with Crippen molar-refractivity contribution in [3.05, 3.63) is 23.3 Å². The SMILES string of the molecule is CC1=C(C(F)(F)F)C=CCC1C(C)N. The van der Waals surface area contributed by atoms with Crippen LogP contribution in [0.4, 0.5) is 13.2 Å². The Morgan fingerprint density at radius 3 is 2.50 bits per heavy atom. The molecule has 0 spiro atoms. The average Bonchev–Trinajstić information content (AvgIpc) is 2.01. The molecule has 0 radical (unpaired) electrons. The summed E-state index contributed by atoms with van der Waals surface area (Å²) in [5, 5.41) is 0. The Morgan fingerprint density at radius 2 is 2.07 bits per heavy atom. The van der Waals surface area contributed by atoms with E-state index in [0.29, 0.717) is 12.0 Å². The van der Waals surface area contributed by atoms with E-state index in [9.17, 15) is 13.2 Å². The standard InChI is InChI=1S/C10H14F3N/c1-6-8(7(2)14)4-3-5-9(6)10(11,12)13/h3,5,7-8H,4,14H2,1-2H3. The molecule has 0 saturated heterocycles. The van der Waals surface area contributed by atoms with E-state index < -0.39 is 11.7 Å². The van der Waals surface area contributed by atoms with Crippen LogP contribution in [-0.2, 0) is 0 Å². The van der Waals surface area contributed by atoms with Crippen LogP contribution in [0.25, 0.3) is 0 Å². The molecule has 1 nitrogen and oxygen atoms in total. The molecule has 1 aliphatic rings. The van der Waals surface area contributed by atoms with Gasteiger partial charge in [-0.2, -0.15) is 13.2 Å². The van der Waals surface area contributed by atoms with Gasteiger partial charge < -0.3 is 5.73 Å². The van der Waals surface area contributed by atoms with Gasteiger partial charge in [0.15, 0.2) is 0 Å². The fourth-order valence-corrected chi connectivity index (χ4v) is 1.77. The van der Waals surface area contributed by atoms with E-state index in [1.54, 1.807) is 13.0 Å². The van der Waals surface area contributed by atoms with Crippen molar-refractivity contribution in [3.8, 4) is 0 Å². The summed E-state index contributed by atoms with van der Waals surface area (Å²) in [7, 11) is 0. The molecule has 14 heavy (non-hydrogen) atoms. The molecule has 2 N–H and O–H groups in total. The lowest BCUT2D eigenvalue weighted by Gasteiger charge is -2.26. The van der Waals surface area contributed by atoms with E-state index in [1.165, 1.54) is 6.92 Å². The summed E-state index contributed by atoms with van der Waals surface area (Å²) in [6.45, 7) is 3.25. The Hall–Kier alpha value is -0.770. The second kappa shape index (κ2) is 3.77. The molecule has 2 atom stereocenters. The van der Waals surface area contributed by atoms with Gasteiger partial charge in [0.1, 0.15) is 0 Å². The fraction of sp³-hybridized carbons (Fsp3) is 0.600. The van der Waals surface area contributed by atoms with Gasteiger partial charge in [0.05, 0.1) is 5.57 Å². The van der Waals surface area contributed by atoms with Crippen molar-refractivity contribution in [2.75, 3.05) is 0 Å². The van der Waals surface area contributed by atoms with E-state index in [4.69, 9.17) is 5.73 Å². The summed E-state index contributed by atoms with van der Waals surface area (Å²) in [6, 6.07) is -0.239. The van der Waals surface area contributed by atoms with E-state index in [1.807, 2.05) is 0 Å². The minimum absolute atomic E-state index is 0.184. The smallest absolute Gasteiger partial charge is 0.327 e. The first-order valence-corrected chi connectivity index (χ1v) is 4.54. The quantitative estimate of drug-likeness (QED) is 0.699. The van der Waals surface area contributed by atoms with Crippen LogP contribution in [0.2, 0.25) is 0 Å². The van der Waals surface area contributed by atoms with Gasteiger partial charge >= 0.3 is 6.18 Å². The molecular weight excluding hydrogens is 191 g/mol. The van der Waals surface area contributed by atoms with Crippen molar-refractivity contribution in [2.45, 2.75) is 32.5 Å². The average molecular weight is 205 g/mol. The minimum atomic E-state index is -4.26. The molecule has 0 heterocycles. The lowest BCUT2D eigenvalue weighted by Crippen LogP contribution is -2.30. The Morgan fingerprint density at radius 1 is 1.50 bits per heavy atom. The van der Waals surface area contributed by atoms with Gasteiger partial charge in [0.25, 0.3) is 0 Å². The predicted octanol–water partition coefficient (Wildman–Crippen LogP) is 2.79. The monoisotopic (exact) mass is 205 g/mol. The molecule has 0 saturated carbocycles. The van der Waals surface area contributed by atoms with Crippen molar-refractivity contribution < 1.29 is 13.2 Å². The highest BCUT2D eigenvalue weighted by molar-refractivity contribution is 5.34. The molecule has 0 aromatic carbocycles. The third-order valence-electron chi connectivity index (χ3n) is 2.60. The zero-order valence-corrected chi connectivity index (χ0v) is 8.23. The molecule has 0 bridgehead atoms. The molecule has 2 unspecified atom stereocenters. The number of allylic oxidation sites excluding steroid dienone is 3. The Bertz CT molecular complexity index is 274. The van der Waals surface area contributed by atoms with Crippen LogP contribution >= 0.6 is 0 Å². The van der Waals surface area contributed by atoms with E-state index in [2.05, 4.69) is 0 Å². The lowest BCUT2D eigenvalue weighted by molar-refractivity contribution is -0.0897. The highest BCUT2D eigenvalue weighted by Crippen LogP contribution is 2.36. The van der Waals surface area contributed by atoms with Crippen molar-refractivity contribution >= 4 is 0 Å². The van der Waals surface area contributed by atoms with Gasteiger partial charge in [-0.15, -0.1) is 0 Å². The normalized spacial score (nSPS) is 25.4. The number of hydrogen-bond donors (Lipinski definition) is 1. The first-order valence-electron chi connectivity index (χ1n) is 4.54. The number of halogens is 3. The van der Waals surface area contributed by atoms with Crippen LogP contribution in [0.15, 0.2) is 23.3 Å². The largest absolute Gasteiger partial charge is 0.416 e. The maximum atomic E-state index is 12.5. The Kier molecular flexibility index (Phi) is 3.04. The molecule has 0 aliphatic heterocycles. The zero-order chi connectivity index (χ0) is 10.9. The highest BCUT2D eigenvalue weighted by atomic mass is 19.4. The zero-order valence-electron chi connectivity index (χ0n) is 8.23.